The molecule has 0 aliphatic carbocycles. The van der Waals surface area contributed by atoms with E-state index in [9.17, 15) is 9.59 Å². The quantitative estimate of drug-likeness (QED) is 0.589. The number of nitrogens with two attached hydrogens (primary N) is 1. The minimum absolute atomic E-state index is 0.0733. The number of fused-ring (bicyclic) bond motifs is 1. The third kappa shape index (κ3) is 2.99. The van der Waals surface area contributed by atoms with E-state index in [1.807, 2.05) is 26.0 Å². The highest BCUT2D eigenvalue weighted by molar-refractivity contribution is 6.02. The molecule has 1 atom stereocenters. The first-order valence-corrected chi connectivity index (χ1v) is 6.70. The summed E-state index contributed by atoms with van der Waals surface area (Å²) in [7, 11) is 1.30. The second-order valence-corrected chi connectivity index (χ2v) is 5.21. The molecule has 6 heteroatoms. The van der Waals surface area contributed by atoms with Crippen molar-refractivity contribution in [3.63, 3.8) is 0 Å². The second kappa shape index (κ2) is 5.87. The Morgan fingerprint density at radius 1 is 1.33 bits per heavy atom. The normalized spacial score (nSPS) is 12.4. The van der Waals surface area contributed by atoms with Crippen molar-refractivity contribution in [3.05, 3.63) is 30.0 Å². The van der Waals surface area contributed by atoms with Crippen LogP contribution >= 0.6 is 0 Å². The van der Waals surface area contributed by atoms with Crippen molar-refractivity contribution in [2.45, 2.75) is 19.9 Å². The molecule has 1 unspecified atom stereocenters. The van der Waals surface area contributed by atoms with Crippen LogP contribution in [0.2, 0.25) is 0 Å². The molecule has 0 saturated heterocycles. The lowest BCUT2D eigenvalue weighted by Crippen LogP contribution is -2.45. The van der Waals surface area contributed by atoms with Crippen molar-refractivity contribution in [2.75, 3.05) is 12.8 Å². The molecule has 1 aromatic carbocycles. The van der Waals surface area contributed by atoms with E-state index in [0.29, 0.717) is 16.9 Å². The summed E-state index contributed by atoms with van der Waals surface area (Å²) in [5.41, 5.74) is 7.49. The van der Waals surface area contributed by atoms with E-state index in [1.165, 1.54) is 7.11 Å². The molecule has 0 saturated carbocycles. The maximum absolute atomic E-state index is 12.3. The van der Waals surface area contributed by atoms with Gasteiger partial charge in [0.1, 0.15) is 11.7 Å². The number of rotatable bonds is 4. The van der Waals surface area contributed by atoms with Crippen LogP contribution in [0.1, 0.15) is 24.3 Å². The standard InChI is InChI=1S/C15H19N3O3/c1-8(2)12(15(20)21-3)18-14(19)11-7-9-5-4-6-10(16)13(9)17-11/h4-8,12,17H,16H2,1-3H3,(H,18,19). The molecular formula is C15H19N3O3. The van der Waals surface area contributed by atoms with E-state index in [0.717, 1.165) is 5.39 Å². The number of para-hydroxylation sites is 1. The van der Waals surface area contributed by atoms with Gasteiger partial charge in [0.15, 0.2) is 0 Å². The number of aromatic amines is 1. The van der Waals surface area contributed by atoms with Crippen LogP contribution in [-0.2, 0) is 9.53 Å². The first kappa shape index (κ1) is 14.9. The average molecular weight is 289 g/mol. The topological polar surface area (TPSA) is 97.2 Å². The van der Waals surface area contributed by atoms with Crippen LogP contribution in [0.3, 0.4) is 0 Å². The molecule has 1 heterocycles. The Balaban J connectivity index is 2.25. The van der Waals surface area contributed by atoms with Crippen LogP contribution in [0.4, 0.5) is 5.69 Å². The summed E-state index contributed by atoms with van der Waals surface area (Å²) in [6.45, 7) is 3.68. The molecule has 0 radical (unpaired) electrons. The van der Waals surface area contributed by atoms with Crippen LogP contribution in [0.5, 0.6) is 0 Å². The van der Waals surface area contributed by atoms with Gasteiger partial charge in [-0.25, -0.2) is 4.79 Å². The Labute approximate surface area is 122 Å². The molecule has 6 nitrogen and oxygen atoms in total. The maximum atomic E-state index is 12.3. The highest BCUT2D eigenvalue weighted by Gasteiger charge is 2.26. The van der Waals surface area contributed by atoms with Crippen molar-refractivity contribution < 1.29 is 14.3 Å². The summed E-state index contributed by atoms with van der Waals surface area (Å²) in [5, 5.41) is 3.52. The van der Waals surface area contributed by atoms with E-state index >= 15 is 0 Å². The fraction of sp³-hybridized carbons (Fsp3) is 0.333. The Morgan fingerprint density at radius 3 is 2.62 bits per heavy atom. The van der Waals surface area contributed by atoms with Crippen molar-refractivity contribution in [1.29, 1.82) is 0 Å². The summed E-state index contributed by atoms with van der Waals surface area (Å²) in [6, 6.07) is 6.45. The smallest absolute Gasteiger partial charge is 0.328 e. The van der Waals surface area contributed by atoms with Crippen LogP contribution in [-0.4, -0.2) is 30.0 Å². The zero-order valence-corrected chi connectivity index (χ0v) is 12.3. The summed E-state index contributed by atoms with van der Waals surface area (Å²) < 4.78 is 4.70. The molecule has 0 bridgehead atoms. The minimum atomic E-state index is -0.689. The van der Waals surface area contributed by atoms with E-state index in [-0.39, 0.29) is 11.8 Å². The number of hydrogen-bond acceptors (Lipinski definition) is 4. The predicted octanol–water partition coefficient (Wildman–Crippen LogP) is 1.68. The van der Waals surface area contributed by atoms with Gasteiger partial charge in [-0.05, 0) is 18.1 Å². The first-order chi connectivity index (χ1) is 9.93. The predicted molar refractivity (Wildman–Crippen MR) is 80.8 cm³/mol. The van der Waals surface area contributed by atoms with Crippen LogP contribution in [0, 0.1) is 5.92 Å². The number of amides is 1. The highest BCUT2D eigenvalue weighted by Crippen LogP contribution is 2.21. The van der Waals surface area contributed by atoms with Crippen molar-refractivity contribution in [3.8, 4) is 0 Å². The molecule has 1 aromatic heterocycles. The highest BCUT2D eigenvalue weighted by atomic mass is 16.5. The van der Waals surface area contributed by atoms with Gasteiger partial charge in [0, 0.05) is 5.39 Å². The van der Waals surface area contributed by atoms with Gasteiger partial charge in [0.05, 0.1) is 18.3 Å². The number of esters is 1. The van der Waals surface area contributed by atoms with E-state index < -0.39 is 12.0 Å². The number of hydrogen-bond donors (Lipinski definition) is 3. The number of benzene rings is 1. The van der Waals surface area contributed by atoms with E-state index in [1.54, 1.807) is 12.1 Å². The zero-order valence-electron chi connectivity index (χ0n) is 12.3. The number of nitrogens with one attached hydrogen (secondary N) is 2. The fourth-order valence-electron chi connectivity index (χ4n) is 2.15. The van der Waals surface area contributed by atoms with Gasteiger partial charge < -0.3 is 20.8 Å². The molecule has 2 aromatic rings. The number of carbonyl (C=O) groups is 2. The summed E-state index contributed by atoms with van der Waals surface area (Å²) >= 11 is 0. The number of aromatic nitrogens is 1. The lowest BCUT2D eigenvalue weighted by atomic mass is 10.0. The molecule has 0 aliphatic rings. The second-order valence-electron chi connectivity index (χ2n) is 5.21. The zero-order chi connectivity index (χ0) is 15.6. The fourth-order valence-corrected chi connectivity index (χ4v) is 2.15. The van der Waals surface area contributed by atoms with Gasteiger partial charge >= 0.3 is 5.97 Å². The SMILES string of the molecule is COC(=O)C(NC(=O)c1cc2cccc(N)c2[nH]1)C(C)C. The minimum Gasteiger partial charge on any atom is -0.467 e. The number of carbonyl (C=O) groups excluding carboxylic acids is 2. The van der Waals surface area contributed by atoms with Gasteiger partial charge in [0.2, 0.25) is 0 Å². The Kier molecular flexibility index (Phi) is 4.16. The molecule has 0 spiro atoms. The summed E-state index contributed by atoms with van der Waals surface area (Å²) in [4.78, 5) is 26.9. The van der Waals surface area contributed by atoms with Crippen molar-refractivity contribution >= 4 is 28.5 Å². The third-order valence-electron chi connectivity index (χ3n) is 3.34. The van der Waals surface area contributed by atoms with Gasteiger partial charge in [-0.15, -0.1) is 0 Å². The van der Waals surface area contributed by atoms with Crippen molar-refractivity contribution in [1.82, 2.24) is 10.3 Å². The molecule has 112 valence electrons. The van der Waals surface area contributed by atoms with Gasteiger partial charge in [-0.2, -0.15) is 0 Å². The first-order valence-electron chi connectivity index (χ1n) is 6.70. The average Bonchev–Trinajstić information content (AvgIpc) is 2.89. The molecule has 0 fully saturated rings. The maximum Gasteiger partial charge on any atom is 0.328 e. The number of nitrogen functional groups attached to an aromatic ring is 1. The Hall–Kier alpha value is -2.50. The summed E-state index contributed by atoms with van der Waals surface area (Å²) in [5.74, 6) is -0.903. The third-order valence-corrected chi connectivity index (χ3v) is 3.34. The van der Waals surface area contributed by atoms with Crippen LogP contribution in [0.25, 0.3) is 10.9 Å². The number of ether oxygens (including phenoxy) is 1. The molecule has 1 amide bonds. The number of methoxy groups -OCH3 is 1. The monoisotopic (exact) mass is 289 g/mol. The Bertz CT molecular complexity index is 676. The van der Waals surface area contributed by atoms with Gasteiger partial charge in [-0.3, -0.25) is 4.79 Å². The summed E-state index contributed by atoms with van der Waals surface area (Å²) in [6.07, 6.45) is 0. The molecule has 4 N–H and O–H groups in total. The number of anilines is 1. The molecular weight excluding hydrogens is 270 g/mol. The largest absolute Gasteiger partial charge is 0.467 e. The lowest BCUT2D eigenvalue weighted by molar-refractivity contribution is -0.144. The van der Waals surface area contributed by atoms with Gasteiger partial charge in [0.25, 0.3) is 5.91 Å². The molecule has 0 aliphatic heterocycles. The van der Waals surface area contributed by atoms with E-state index in [4.69, 9.17) is 10.5 Å². The number of H-pyrrole nitrogens is 1. The lowest BCUT2D eigenvalue weighted by Gasteiger charge is -2.19. The van der Waals surface area contributed by atoms with Crippen LogP contribution in [0.15, 0.2) is 24.3 Å². The van der Waals surface area contributed by atoms with Gasteiger partial charge in [-0.1, -0.05) is 26.0 Å². The molecule has 21 heavy (non-hydrogen) atoms. The molecule has 2 rings (SSSR count). The van der Waals surface area contributed by atoms with E-state index in [2.05, 4.69) is 10.3 Å². The Morgan fingerprint density at radius 2 is 2.05 bits per heavy atom. The van der Waals surface area contributed by atoms with Crippen LogP contribution < -0.4 is 11.1 Å². The van der Waals surface area contributed by atoms with Crippen molar-refractivity contribution in [2.24, 2.45) is 5.92 Å².